The minimum atomic E-state index is 0.460. The smallest absolute Gasteiger partial charge is 0.127 e. The van der Waals surface area contributed by atoms with Crippen LogP contribution in [0.15, 0.2) is 48.9 Å². The first-order valence-electron chi connectivity index (χ1n) is 5.91. The predicted molar refractivity (Wildman–Crippen MR) is 72.9 cm³/mol. The summed E-state index contributed by atoms with van der Waals surface area (Å²) in [6, 6.07) is 8.06. The van der Waals surface area contributed by atoms with Gasteiger partial charge in [-0.15, -0.1) is 0 Å². The quantitative estimate of drug-likeness (QED) is 0.755. The molecule has 1 N–H and O–H groups in total. The highest BCUT2D eigenvalue weighted by Gasteiger charge is 2.01. The summed E-state index contributed by atoms with van der Waals surface area (Å²) in [6.07, 6.45) is 3.78. The summed E-state index contributed by atoms with van der Waals surface area (Å²) < 4.78 is 5.83. The molecule has 0 heterocycles. The van der Waals surface area contributed by atoms with Crippen LogP contribution in [0.25, 0.3) is 0 Å². The molecule has 0 radical (unpaired) electrons. The number of allylic oxidation sites excluding steroid dienone is 1. The van der Waals surface area contributed by atoms with Crippen LogP contribution in [0.1, 0.15) is 19.4 Å². The molecular weight excluding hydrogens is 210 g/mol. The molecule has 0 unspecified atom stereocenters. The average Bonchev–Trinajstić information content (AvgIpc) is 2.28. The molecule has 0 bridgehead atoms. The van der Waals surface area contributed by atoms with Gasteiger partial charge in [-0.2, -0.15) is 0 Å². The Morgan fingerprint density at radius 2 is 2.00 bits per heavy atom. The van der Waals surface area contributed by atoms with Gasteiger partial charge in [0.15, 0.2) is 0 Å². The molecule has 17 heavy (non-hydrogen) atoms. The lowest BCUT2D eigenvalue weighted by atomic mass is 10.2. The molecule has 0 aliphatic heterocycles. The van der Waals surface area contributed by atoms with Crippen LogP contribution in [0.5, 0.6) is 5.75 Å². The summed E-state index contributed by atoms with van der Waals surface area (Å²) in [7, 11) is 0. The molecule has 92 valence electrons. The second-order valence-electron chi connectivity index (χ2n) is 4.38. The van der Waals surface area contributed by atoms with E-state index >= 15 is 0 Å². The molecule has 0 fully saturated rings. The Morgan fingerprint density at radius 1 is 1.35 bits per heavy atom. The van der Waals surface area contributed by atoms with E-state index in [1.807, 2.05) is 24.3 Å². The van der Waals surface area contributed by atoms with E-state index in [-0.39, 0.29) is 0 Å². The number of nitrogens with one attached hydrogen (secondary N) is 1. The Morgan fingerprint density at radius 3 is 2.53 bits per heavy atom. The van der Waals surface area contributed by atoms with Gasteiger partial charge in [0.1, 0.15) is 11.5 Å². The molecule has 1 rings (SSSR count). The van der Waals surface area contributed by atoms with Crippen molar-refractivity contribution in [3.63, 3.8) is 0 Å². The standard InChI is InChI=1S/C15H21NO/c1-5-16-11-15(10-12(2)3)17-14-8-6-13(4)7-9-14/h5-10,12,16H,1,11H2,2-4H3/b15-10+. The number of hydrogen-bond acceptors (Lipinski definition) is 2. The van der Waals surface area contributed by atoms with E-state index < -0.39 is 0 Å². The normalized spacial score (nSPS) is 11.4. The molecule has 1 aromatic rings. The van der Waals surface area contributed by atoms with Gasteiger partial charge in [0.25, 0.3) is 0 Å². The van der Waals surface area contributed by atoms with Gasteiger partial charge >= 0.3 is 0 Å². The molecule has 0 aliphatic rings. The van der Waals surface area contributed by atoms with Gasteiger partial charge in [-0.3, -0.25) is 0 Å². The number of ether oxygens (including phenoxy) is 1. The molecular formula is C15H21NO. The maximum absolute atomic E-state index is 5.83. The fourth-order valence-electron chi connectivity index (χ4n) is 1.43. The maximum atomic E-state index is 5.83. The zero-order chi connectivity index (χ0) is 12.7. The van der Waals surface area contributed by atoms with E-state index in [0.29, 0.717) is 12.5 Å². The fraction of sp³-hybridized carbons (Fsp3) is 0.333. The molecule has 0 amide bonds. The highest BCUT2D eigenvalue weighted by atomic mass is 16.5. The zero-order valence-electron chi connectivity index (χ0n) is 10.9. The molecule has 0 saturated carbocycles. The van der Waals surface area contributed by atoms with Crippen molar-refractivity contribution < 1.29 is 4.74 Å². The molecule has 2 heteroatoms. The molecule has 0 atom stereocenters. The summed E-state index contributed by atoms with van der Waals surface area (Å²) in [5, 5.41) is 3.06. The SMILES string of the molecule is C=CNC/C(=C\C(C)C)Oc1ccc(C)cc1. The van der Waals surface area contributed by atoms with Crippen molar-refractivity contribution in [1.29, 1.82) is 0 Å². The second kappa shape index (κ2) is 6.79. The van der Waals surface area contributed by atoms with E-state index in [9.17, 15) is 0 Å². The van der Waals surface area contributed by atoms with Gasteiger partial charge in [-0.25, -0.2) is 0 Å². The van der Waals surface area contributed by atoms with Crippen molar-refractivity contribution >= 4 is 0 Å². The first-order valence-corrected chi connectivity index (χ1v) is 5.91. The Hall–Kier alpha value is -1.70. The highest BCUT2D eigenvalue weighted by molar-refractivity contribution is 5.28. The van der Waals surface area contributed by atoms with Gasteiger partial charge in [0.2, 0.25) is 0 Å². The van der Waals surface area contributed by atoms with Gasteiger partial charge in [0, 0.05) is 0 Å². The van der Waals surface area contributed by atoms with E-state index in [1.165, 1.54) is 5.56 Å². The van der Waals surface area contributed by atoms with Gasteiger partial charge in [-0.05, 0) is 37.3 Å². The minimum Gasteiger partial charge on any atom is -0.460 e. The van der Waals surface area contributed by atoms with Crippen LogP contribution in [-0.2, 0) is 0 Å². The average molecular weight is 231 g/mol. The number of rotatable bonds is 6. The Balaban J connectivity index is 2.71. The lowest BCUT2D eigenvalue weighted by molar-refractivity contribution is 0.404. The maximum Gasteiger partial charge on any atom is 0.127 e. The summed E-state index contributed by atoms with van der Waals surface area (Å²) in [4.78, 5) is 0. The van der Waals surface area contributed by atoms with Crippen LogP contribution in [0.2, 0.25) is 0 Å². The fourth-order valence-corrected chi connectivity index (χ4v) is 1.43. The van der Waals surface area contributed by atoms with Gasteiger partial charge in [-0.1, -0.05) is 38.1 Å². The number of benzene rings is 1. The number of hydrogen-bond donors (Lipinski definition) is 1. The highest BCUT2D eigenvalue weighted by Crippen LogP contribution is 2.15. The minimum absolute atomic E-state index is 0.460. The van der Waals surface area contributed by atoms with E-state index in [2.05, 4.69) is 38.7 Å². The lowest BCUT2D eigenvalue weighted by Gasteiger charge is -2.11. The first-order chi connectivity index (χ1) is 8.11. The van der Waals surface area contributed by atoms with Crippen LogP contribution in [0.3, 0.4) is 0 Å². The molecule has 2 nitrogen and oxygen atoms in total. The van der Waals surface area contributed by atoms with Crippen LogP contribution in [0.4, 0.5) is 0 Å². The van der Waals surface area contributed by atoms with Crippen molar-refractivity contribution in [2.24, 2.45) is 5.92 Å². The van der Waals surface area contributed by atoms with Crippen LogP contribution >= 0.6 is 0 Å². The van der Waals surface area contributed by atoms with Crippen molar-refractivity contribution in [3.8, 4) is 5.75 Å². The van der Waals surface area contributed by atoms with Crippen LogP contribution in [0, 0.1) is 12.8 Å². The molecule has 0 aliphatic carbocycles. The Bertz CT molecular complexity index is 376. The summed E-state index contributed by atoms with van der Waals surface area (Å²) in [5.41, 5.74) is 1.23. The molecule has 0 spiro atoms. The molecule has 1 aromatic carbocycles. The third kappa shape index (κ3) is 5.25. The zero-order valence-corrected chi connectivity index (χ0v) is 10.9. The first kappa shape index (κ1) is 13.4. The van der Waals surface area contributed by atoms with Crippen molar-refractivity contribution in [1.82, 2.24) is 5.32 Å². The topological polar surface area (TPSA) is 21.3 Å². The predicted octanol–water partition coefficient (Wildman–Crippen LogP) is 3.65. The summed E-state index contributed by atoms with van der Waals surface area (Å²) in [5.74, 6) is 2.25. The Kier molecular flexibility index (Phi) is 5.34. The van der Waals surface area contributed by atoms with Crippen molar-refractivity contribution in [3.05, 3.63) is 54.4 Å². The lowest BCUT2D eigenvalue weighted by Crippen LogP contribution is -2.14. The van der Waals surface area contributed by atoms with Crippen LogP contribution < -0.4 is 10.1 Å². The van der Waals surface area contributed by atoms with Crippen molar-refractivity contribution in [2.75, 3.05) is 6.54 Å². The monoisotopic (exact) mass is 231 g/mol. The molecule has 0 aromatic heterocycles. The second-order valence-corrected chi connectivity index (χ2v) is 4.38. The van der Waals surface area contributed by atoms with E-state index in [4.69, 9.17) is 4.74 Å². The van der Waals surface area contributed by atoms with Gasteiger partial charge in [0.05, 0.1) is 6.54 Å². The van der Waals surface area contributed by atoms with Gasteiger partial charge < -0.3 is 10.1 Å². The van der Waals surface area contributed by atoms with Crippen molar-refractivity contribution in [2.45, 2.75) is 20.8 Å². The van der Waals surface area contributed by atoms with E-state index in [0.717, 1.165) is 11.5 Å². The summed E-state index contributed by atoms with van der Waals surface area (Å²) >= 11 is 0. The summed E-state index contributed by atoms with van der Waals surface area (Å²) in [6.45, 7) is 10.6. The van der Waals surface area contributed by atoms with E-state index in [1.54, 1.807) is 6.20 Å². The molecule has 0 saturated heterocycles. The largest absolute Gasteiger partial charge is 0.460 e. The number of aryl methyl sites for hydroxylation is 1. The third-order valence-corrected chi connectivity index (χ3v) is 2.21. The Labute approximate surface area is 104 Å². The third-order valence-electron chi connectivity index (χ3n) is 2.21. The van der Waals surface area contributed by atoms with Crippen LogP contribution in [-0.4, -0.2) is 6.54 Å².